The van der Waals surface area contributed by atoms with Gasteiger partial charge in [-0.05, 0) is 55.1 Å². The third kappa shape index (κ3) is 6.14. The molecule has 8 heteroatoms. The van der Waals surface area contributed by atoms with E-state index in [1.54, 1.807) is 46.6 Å². The lowest BCUT2D eigenvalue weighted by Gasteiger charge is -2.31. The van der Waals surface area contributed by atoms with E-state index in [9.17, 15) is 14.0 Å². The van der Waals surface area contributed by atoms with Gasteiger partial charge in [0.2, 0.25) is 5.91 Å². The predicted molar refractivity (Wildman–Crippen MR) is 131 cm³/mol. The molecule has 3 aromatic rings. The predicted octanol–water partition coefficient (Wildman–Crippen LogP) is 4.98. The average Bonchev–Trinajstić information content (AvgIpc) is 3.35. The van der Waals surface area contributed by atoms with Crippen molar-refractivity contribution in [2.75, 3.05) is 20.8 Å². The average molecular weight is 485 g/mol. The van der Waals surface area contributed by atoms with Crippen molar-refractivity contribution in [3.8, 4) is 11.5 Å². The van der Waals surface area contributed by atoms with Gasteiger partial charge in [-0.3, -0.25) is 9.59 Å². The van der Waals surface area contributed by atoms with Crippen LogP contribution in [-0.2, 0) is 17.9 Å². The maximum atomic E-state index is 13.6. The van der Waals surface area contributed by atoms with Crippen LogP contribution in [0.3, 0.4) is 0 Å². The Morgan fingerprint density at radius 3 is 2.12 bits per heavy atom. The molecule has 6 nitrogen and oxygen atoms in total. The number of ether oxygens (including phenoxy) is 2. The number of carbonyl (C=O) groups excluding carboxylic acids is 2. The van der Waals surface area contributed by atoms with Gasteiger partial charge in [0, 0.05) is 17.5 Å². The van der Waals surface area contributed by atoms with Crippen molar-refractivity contribution in [3.05, 3.63) is 81.8 Å². The highest BCUT2D eigenvalue weighted by molar-refractivity contribution is 7.09. The zero-order valence-electron chi connectivity index (χ0n) is 19.8. The normalized spacial score (nSPS) is 10.8. The smallest absolute Gasteiger partial charge is 0.262 e. The molecule has 0 aliphatic carbocycles. The van der Waals surface area contributed by atoms with Crippen LogP contribution in [0.1, 0.15) is 34.6 Å². The maximum Gasteiger partial charge on any atom is 0.262 e. The molecule has 0 aliphatic heterocycles. The van der Waals surface area contributed by atoms with Crippen LogP contribution in [-0.4, -0.2) is 48.4 Å². The lowest BCUT2D eigenvalue weighted by atomic mass is 10.1. The Labute approximate surface area is 203 Å². The molecule has 0 N–H and O–H groups in total. The third-order valence-corrected chi connectivity index (χ3v) is 6.26. The van der Waals surface area contributed by atoms with Gasteiger partial charge in [-0.15, -0.1) is 11.3 Å². The molecule has 1 aromatic heterocycles. The van der Waals surface area contributed by atoms with Gasteiger partial charge in [-0.1, -0.05) is 24.3 Å². The van der Waals surface area contributed by atoms with Crippen molar-refractivity contribution in [2.45, 2.75) is 33.0 Å². The first-order chi connectivity index (χ1) is 16.3. The lowest BCUT2D eigenvalue weighted by Crippen LogP contribution is -2.45. The van der Waals surface area contributed by atoms with Gasteiger partial charge in [-0.2, -0.15) is 0 Å². The Kier molecular flexibility index (Phi) is 8.65. The minimum atomic E-state index is -0.351. The minimum Gasteiger partial charge on any atom is -0.496 e. The van der Waals surface area contributed by atoms with E-state index in [1.165, 1.54) is 31.3 Å². The molecule has 0 saturated carbocycles. The molecule has 0 aliphatic rings. The van der Waals surface area contributed by atoms with Crippen molar-refractivity contribution in [1.29, 1.82) is 0 Å². The van der Waals surface area contributed by atoms with Crippen LogP contribution in [0.25, 0.3) is 0 Å². The number of thiophene rings is 1. The van der Waals surface area contributed by atoms with Crippen LogP contribution in [0.4, 0.5) is 4.39 Å². The van der Waals surface area contributed by atoms with E-state index in [2.05, 4.69) is 0 Å². The first kappa shape index (κ1) is 25.2. The quantitative estimate of drug-likeness (QED) is 0.407. The zero-order chi connectivity index (χ0) is 24.7. The highest BCUT2D eigenvalue weighted by atomic mass is 32.1. The van der Waals surface area contributed by atoms with E-state index in [0.29, 0.717) is 24.6 Å². The topological polar surface area (TPSA) is 59.1 Å². The Hall–Kier alpha value is -3.39. The first-order valence-corrected chi connectivity index (χ1v) is 11.8. The zero-order valence-corrected chi connectivity index (χ0v) is 20.6. The van der Waals surface area contributed by atoms with Crippen LogP contribution in [0, 0.1) is 5.82 Å². The Morgan fingerprint density at radius 1 is 0.941 bits per heavy atom. The van der Waals surface area contributed by atoms with E-state index < -0.39 is 0 Å². The van der Waals surface area contributed by atoms with Crippen molar-refractivity contribution in [1.82, 2.24) is 9.80 Å². The van der Waals surface area contributed by atoms with Gasteiger partial charge in [-0.25, -0.2) is 4.39 Å². The van der Waals surface area contributed by atoms with Crippen LogP contribution in [0.5, 0.6) is 11.5 Å². The molecule has 0 fully saturated rings. The number of halogens is 1. The summed E-state index contributed by atoms with van der Waals surface area (Å²) in [6, 6.07) is 14.8. The first-order valence-electron chi connectivity index (χ1n) is 10.9. The standard InChI is InChI=1S/C26H29FN2O4S/c1-18(2)29(26(31)25-22(32-3)8-5-9-23(25)33-4)17-24(30)28(16-21-7-6-14-34-21)15-19-10-12-20(27)13-11-19/h5-14,18H,15-17H2,1-4H3. The summed E-state index contributed by atoms with van der Waals surface area (Å²) in [5, 5.41) is 1.95. The summed E-state index contributed by atoms with van der Waals surface area (Å²) in [7, 11) is 2.98. The summed E-state index contributed by atoms with van der Waals surface area (Å²) in [6.07, 6.45) is 0. The Morgan fingerprint density at radius 2 is 1.59 bits per heavy atom. The number of carbonyl (C=O) groups is 2. The number of methoxy groups -OCH3 is 2. The van der Waals surface area contributed by atoms with Gasteiger partial charge in [0.05, 0.1) is 20.8 Å². The van der Waals surface area contributed by atoms with Crippen molar-refractivity contribution in [2.24, 2.45) is 0 Å². The van der Waals surface area contributed by atoms with E-state index >= 15 is 0 Å². The van der Waals surface area contributed by atoms with E-state index in [0.717, 1.165) is 10.4 Å². The van der Waals surface area contributed by atoms with Crippen molar-refractivity contribution in [3.63, 3.8) is 0 Å². The van der Waals surface area contributed by atoms with Crippen molar-refractivity contribution < 1.29 is 23.5 Å². The van der Waals surface area contributed by atoms with E-state index in [-0.39, 0.29) is 35.8 Å². The van der Waals surface area contributed by atoms with Crippen LogP contribution >= 0.6 is 11.3 Å². The fourth-order valence-electron chi connectivity index (χ4n) is 3.57. The number of benzene rings is 2. The van der Waals surface area contributed by atoms with Gasteiger partial charge in [0.15, 0.2) is 0 Å². The number of hydrogen-bond donors (Lipinski definition) is 0. The molecule has 0 radical (unpaired) electrons. The molecule has 180 valence electrons. The Bertz CT molecular complexity index is 1080. The fraction of sp³-hybridized carbons (Fsp3) is 0.308. The maximum absolute atomic E-state index is 13.6. The number of rotatable bonds is 10. The summed E-state index contributed by atoms with van der Waals surface area (Å²) in [5.74, 6) is -0.139. The Balaban J connectivity index is 1.87. The monoisotopic (exact) mass is 484 g/mol. The molecular formula is C26H29FN2O4S. The van der Waals surface area contributed by atoms with Gasteiger partial charge < -0.3 is 19.3 Å². The van der Waals surface area contributed by atoms with Gasteiger partial charge in [0.25, 0.3) is 5.91 Å². The highest BCUT2D eigenvalue weighted by Crippen LogP contribution is 2.30. The second-order valence-corrected chi connectivity index (χ2v) is 9.05. The molecule has 34 heavy (non-hydrogen) atoms. The largest absolute Gasteiger partial charge is 0.496 e. The number of nitrogens with zero attached hydrogens (tertiary/aromatic N) is 2. The summed E-state index contributed by atoms with van der Waals surface area (Å²) in [6.45, 7) is 4.29. The van der Waals surface area contributed by atoms with E-state index in [1.807, 2.05) is 31.4 Å². The van der Waals surface area contributed by atoms with Crippen LogP contribution < -0.4 is 9.47 Å². The number of amides is 2. The summed E-state index contributed by atoms with van der Waals surface area (Å²) < 4.78 is 24.2. The SMILES string of the molecule is COc1cccc(OC)c1C(=O)N(CC(=O)N(Cc1ccc(F)cc1)Cc1cccs1)C(C)C. The van der Waals surface area contributed by atoms with Crippen LogP contribution in [0.15, 0.2) is 60.0 Å². The molecule has 0 bridgehead atoms. The minimum absolute atomic E-state index is 0.121. The van der Waals surface area contributed by atoms with Crippen molar-refractivity contribution >= 4 is 23.2 Å². The second kappa shape index (κ2) is 11.7. The molecule has 1 heterocycles. The number of hydrogen-bond acceptors (Lipinski definition) is 5. The summed E-state index contributed by atoms with van der Waals surface area (Å²) in [5.41, 5.74) is 1.08. The molecule has 0 atom stereocenters. The third-order valence-electron chi connectivity index (χ3n) is 5.40. The summed E-state index contributed by atoms with van der Waals surface area (Å²) >= 11 is 1.55. The molecule has 2 amide bonds. The van der Waals surface area contributed by atoms with Gasteiger partial charge in [0.1, 0.15) is 29.4 Å². The molecule has 2 aromatic carbocycles. The van der Waals surface area contributed by atoms with Crippen LogP contribution in [0.2, 0.25) is 0 Å². The summed E-state index contributed by atoms with van der Waals surface area (Å²) in [4.78, 5) is 31.3. The molecule has 0 unspecified atom stereocenters. The molecular weight excluding hydrogens is 455 g/mol. The second-order valence-electron chi connectivity index (χ2n) is 8.02. The fourth-order valence-corrected chi connectivity index (χ4v) is 4.29. The molecule has 0 spiro atoms. The highest BCUT2D eigenvalue weighted by Gasteiger charge is 2.29. The molecule has 0 saturated heterocycles. The molecule has 3 rings (SSSR count). The van der Waals surface area contributed by atoms with E-state index in [4.69, 9.17) is 9.47 Å². The lowest BCUT2D eigenvalue weighted by molar-refractivity contribution is -0.133. The van der Waals surface area contributed by atoms with Gasteiger partial charge >= 0.3 is 0 Å².